The Labute approximate surface area is 190 Å². The molecule has 4 aromatic rings. The second-order valence-electron chi connectivity index (χ2n) is 7.50. The number of nitrogen functional groups attached to an aromatic ring is 1. The van der Waals surface area contributed by atoms with E-state index in [1.807, 2.05) is 32.2 Å². The Hall–Kier alpha value is -2.98. The third kappa shape index (κ3) is 4.33. The maximum Gasteiger partial charge on any atom is 0.260 e. The summed E-state index contributed by atoms with van der Waals surface area (Å²) >= 11 is 6.32. The third-order valence-corrected chi connectivity index (χ3v) is 5.72. The minimum Gasteiger partial charge on any atom is -0.382 e. The Morgan fingerprint density at radius 1 is 1.31 bits per heavy atom. The SMILES string of the molecule is CNCCn1c(C(C)NCOCc2c(N)nn3cccnc23)cc2cccc(Cl)c2c1=O. The average molecular weight is 456 g/mol. The number of likely N-dealkylation sites (N-methyl/N-ethyl adjacent to an activating group) is 1. The zero-order valence-electron chi connectivity index (χ0n) is 18.0. The Morgan fingerprint density at radius 3 is 2.97 bits per heavy atom. The molecule has 0 saturated heterocycles. The fourth-order valence-electron chi connectivity index (χ4n) is 3.72. The molecule has 4 rings (SSSR count). The molecule has 0 bridgehead atoms. The van der Waals surface area contributed by atoms with Gasteiger partial charge in [-0.1, -0.05) is 23.7 Å². The minimum absolute atomic E-state index is 0.0990. The maximum absolute atomic E-state index is 13.2. The lowest BCUT2D eigenvalue weighted by Crippen LogP contribution is -2.33. The summed E-state index contributed by atoms with van der Waals surface area (Å²) in [6, 6.07) is 9.15. The van der Waals surface area contributed by atoms with Crippen LogP contribution in [0, 0.1) is 0 Å². The number of fused-ring (bicyclic) bond motifs is 2. The van der Waals surface area contributed by atoms with Gasteiger partial charge in [-0.3, -0.25) is 10.1 Å². The van der Waals surface area contributed by atoms with Gasteiger partial charge in [-0.2, -0.15) is 0 Å². The molecule has 0 aliphatic carbocycles. The van der Waals surface area contributed by atoms with Crippen LogP contribution in [0.1, 0.15) is 24.2 Å². The zero-order valence-corrected chi connectivity index (χ0v) is 18.8. The molecule has 10 heteroatoms. The van der Waals surface area contributed by atoms with Crippen LogP contribution in [-0.4, -0.2) is 39.5 Å². The van der Waals surface area contributed by atoms with Crippen molar-refractivity contribution in [1.82, 2.24) is 29.8 Å². The number of hydrogen-bond acceptors (Lipinski definition) is 7. The first-order valence-electron chi connectivity index (χ1n) is 10.4. The quantitative estimate of drug-likeness (QED) is 0.262. The van der Waals surface area contributed by atoms with E-state index in [1.165, 1.54) is 0 Å². The standard InChI is InChI=1S/C22H26ClN7O2/c1-14(27-13-32-12-16-20(24)28-30-9-4-7-26-21(16)30)18-11-15-5-3-6-17(23)19(15)22(31)29(18)10-8-25-2/h3-7,9,11,14,25,27H,8,10,12-13H2,1-2H3,(H2,24,28). The van der Waals surface area contributed by atoms with Gasteiger partial charge in [0.15, 0.2) is 11.5 Å². The number of pyridine rings is 1. The molecule has 9 nitrogen and oxygen atoms in total. The van der Waals surface area contributed by atoms with Crippen LogP contribution in [0.2, 0.25) is 5.02 Å². The highest BCUT2D eigenvalue weighted by Crippen LogP contribution is 2.23. The molecule has 1 aromatic carbocycles. The molecule has 4 N–H and O–H groups in total. The number of rotatable bonds is 9. The molecule has 3 aromatic heterocycles. The van der Waals surface area contributed by atoms with E-state index >= 15 is 0 Å². The van der Waals surface area contributed by atoms with Crippen LogP contribution in [0.4, 0.5) is 5.82 Å². The van der Waals surface area contributed by atoms with Gasteiger partial charge in [-0.05, 0) is 37.6 Å². The molecule has 32 heavy (non-hydrogen) atoms. The van der Waals surface area contributed by atoms with E-state index in [0.717, 1.165) is 16.6 Å². The van der Waals surface area contributed by atoms with Crippen molar-refractivity contribution in [3.8, 4) is 0 Å². The number of benzene rings is 1. The summed E-state index contributed by atoms with van der Waals surface area (Å²) in [5.41, 5.74) is 8.18. The van der Waals surface area contributed by atoms with Crippen molar-refractivity contribution in [2.75, 3.05) is 26.1 Å². The topological polar surface area (TPSA) is 112 Å². The van der Waals surface area contributed by atoms with Gasteiger partial charge in [0.2, 0.25) is 0 Å². The number of hydrogen-bond donors (Lipinski definition) is 3. The van der Waals surface area contributed by atoms with Crippen molar-refractivity contribution in [1.29, 1.82) is 0 Å². The van der Waals surface area contributed by atoms with Gasteiger partial charge >= 0.3 is 0 Å². The molecule has 0 radical (unpaired) electrons. The van der Waals surface area contributed by atoms with E-state index in [-0.39, 0.29) is 24.9 Å². The molecule has 0 saturated carbocycles. The van der Waals surface area contributed by atoms with Gasteiger partial charge in [0.05, 0.1) is 29.3 Å². The van der Waals surface area contributed by atoms with E-state index in [9.17, 15) is 4.79 Å². The lowest BCUT2D eigenvalue weighted by Gasteiger charge is -2.21. The number of nitrogens with one attached hydrogen (secondary N) is 2. The molecule has 0 spiro atoms. The fourth-order valence-corrected chi connectivity index (χ4v) is 3.98. The summed E-state index contributed by atoms with van der Waals surface area (Å²) in [5.74, 6) is 0.393. The summed E-state index contributed by atoms with van der Waals surface area (Å²) in [6.45, 7) is 3.72. The minimum atomic E-state index is -0.137. The fraction of sp³-hybridized carbons (Fsp3) is 0.318. The first kappa shape index (κ1) is 22.2. The Bertz CT molecular complexity index is 1300. The molecular weight excluding hydrogens is 430 g/mol. The summed E-state index contributed by atoms with van der Waals surface area (Å²) in [6.07, 6.45) is 3.48. The third-order valence-electron chi connectivity index (χ3n) is 5.41. The monoisotopic (exact) mass is 455 g/mol. The molecule has 0 amide bonds. The molecular formula is C22H26ClN7O2. The number of anilines is 1. The zero-order chi connectivity index (χ0) is 22.7. The van der Waals surface area contributed by atoms with Crippen molar-refractivity contribution in [2.45, 2.75) is 26.1 Å². The van der Waals surface area contributed by atoms with Gasteiger partial charge in [0, 0.05) is 37.2 Å². The van der Waals surface area contributed by atoms with Crippen molar-refractivity contribution in [2.24, 2.45) is 0 Å². The van der Waals surface area contributed by atoms with Crippen molar-refractivity contribution in [3.05, 3.63) is 69.4 Å². The van der Waals surface area contributed by atoms with Gasteiger partial charge in [-0.25, -0.2) is 9.50 Å². The summed E-state index contributed by atoms with van der Waals surface area (Å²) in [4.78, 5) is 17.5. The van der Waals surface area contributed by atoms with Crippen LogP contribution in [0.15, 0.2) is 47.5 Å². The van der Waals surface area contributed by atoms with Crippen LogP contribution in [0.5, 0.6) is 0 Å². The van der Waals surface area contributed by atoms with Gasteiger partial charge < -0.3 is 20.4 Å². The lowest BCUT2D eigenvalue weighted by atomic mass is 10.1. The predicted molar refractivity (Wildman–Crippen MR) is 126 cm³/mol. The van der Waals surface area contributed by atoms with Crippen molar-refractivity contribution < 1.29 is 4.74 Å². The molecule has 0 fully saturated rings. The predicted octanol–water partition coefficient (Wildman–Crippen LogP) is 2.32. The molecule has 1 atom stereocenters. The molecule has 0 aliphatic heterocycles. The van der Waals surface area contributed by atoms with Crippen molar-refractivity contribution >= 4 is 33.8 Å². The largest absolute Gasteiger partial charge is 0.382 e. The van der Waals surface area contributed by atoms with E-state index < -0.39 is 0 Å². The highest BCUT2D eigenvalue weighted by molar-refractivity contribution is 6.35. The second-order valence-corrected chi connectivity index (χ2v) is 7.91. The first-order chi connectivity index (χ1) is 15.5. The van der Waals surface area contributed by atoms with Gasteiger partial charge in [-0.15, -0.1) is 5.10 Å². The number of aromatic nitrogens is 4. The van der Waals surface area contributed by atoms with Crippen molar-refractivity contribution in [3.63, 3.8) is 0 Å². The maximum atomic E-state index is 13.2. The summed E-state index contributed by atoms with van der Waals surface area (Å²) in [5, 5.41) is 12.5. The highest BCUT2D eigenvalue weighted by Gasteiger charge is 2.16. The Balaban J connectivity index is 1.51. The summed E-state index contributed by atoms with van der Waals surface area (Å²) in [7, 11) is 1.86. The van der Waals surface area contributed by atoms with Crippen LogP contribution in [0.25, 0.3) is 16.4 Å². The second kappa shape index (κ2) is 9.66. The number of halogens is 1. The lowest BCUT2D eigenvalue weighted by molar-refractivity contribution is 0.0969. The van der Waals surface area contributed by atoms with Gasteiger partial charge in [0.1, 0.15) is 0 Å². The van der Waals surface area contributed by atoms with E-state index in [2.05, 4.69) is 20.7 Å². The normalized spacial score (nSPS) is 12.6. The Morgan fingerprint density at radius 2 is 2.16 bits per heavy atom. The molecule has 0 aliphatic rings. The first-order valence-corrected chi connectivity index (χ1v) is 10.7. The van der Waals surface area contributed by atoms with Crippen LogP contribution in [0.3, 0.4) is 0 Å². The molecule has 168 valence electrons. The van der Waals surface area contributed by atoms with E-state index in [4.69, 9.17) is 22.1 Å². The van der Waals surface area contributed by atoms with E-state index in [0.29, 0.717) is 35.0 Å². The highest BCUT2D eigenvalue weighted by atomic mass is 35.5. The molecule has 1 unspecified atom stereocenters. The summed E-state index contributed by atoms with van der Waals surface area (Å²) < 4.78 is 9.20. The smallest absolute Gasteiger partial charge is 0.260 e. The van der Waals surface area contributed by atoms with Crippen LogP contribution >= 0.6 is 11.6 Å². The number of ether oxygens (including phenoxy) is 1. The van der Waals surface area contributed by atoms with Gasteiger partial charge in [0.25, 0.3) is 5.56 Å². The number of nitrogens with two attached hydrogens (primary N) is 1. The number of nitrogens with zero attached hydrogens (tertiary/aromatic N) is 4. The molecule has 3 heterocycles. The average Bonchev–Trinajstić information content (AvgIpc) is 3.10. The Kier molecular flexibility index (Phi) is 6.71. The van der Waals surface area contributed by atoms with E-state index in [1.54, 1.807) is 33.6 Å². The van der Waals surface area contributed by atoms with Crippen LogP contribution in [-0.2, 0) is 17.9 Å². The van der Waals surface area contributed by atoms with Crippen LogP contribution < -0.4 is 21.9 Å².